The van der Waals surface area contributed by atoms with Gasteiger partial charge in [-0.15, -0.1) is 0 Å². The maximum atomic E-state index is 13.2. The van der Waals surface area contributed by atoms with E-state index in [1.807, 2.05) is 0 Å². The van der Waals surface area contributed by atoms with Gasteiger partial charge in [0.1, 0.15) is 62.5 Å². The highest BCUT2D eigenvalue weighted by Crippen LogP contribution is 2.34. The van der Waals surface area contributed by atoms with Gasteiger partial charge in [0.2, 0.25) is 0 Å². The number of amides is 1. The number of hydrogen-bond donors (Lipinski definition) is 3. The molecule has 14 atom stereocenters. The molecule has 2 saturated heterocycles. The molecule has 0 aromatic heterocycles. The summed E-state index contributed by atoms with van der Waals surface area (Å²) >= 11 is 0. The van der Waals surface area contributed by atoms with Crippen LogP contribution >= 0.6 is 0 Å². The molecular formula is C41H63N3O24. The van der Waals surface area contributed by atoms with E-state index in [4.69, 9.17) is 77.8 Å². The minimum absolute atomic E-state index is 0.596. The molecule has 68 heavy (non-hydrogen) atoms. The SMILES string of the molecule is CC(=O)OCC(NC(=O)OC(C)(C)C)[C@@H](OC(C)=O)[C@@H](O[C@@H]1OC(COC(C)=O)[C@H](O[C@@H]2OC(COC(C)=O)[C@H](OC(C)=O)[C@H](OC(C)=O)C2N)[C@H](OC(C)=O)C1N)C(COC(C)=O)OC(C)=O. The molecule has 0 aromatic rings. The summed E-state index contributed by atoms with van der Waals surface area (Å²) in [6.45, 7) is 10.9. The van der Waals surface area contributed by atoms with E-state index >= 15 is 0 Å². The van der Waals surface area contributed by atoms with Gasteiger partial charge in [-0.25, -0.2) is 4.79 Å². The molecule has 0 saturated carbocycles. The average Bonchev–Trinajstić information content (AvgIpc) is 3.18. The van der Waals surface area contributed by atoms with Crippen molar-refractivity contribution in [1.82, 2.24) is 5.32 Å². The molecule has 2 rings (SSSR count). The predicted octanol–water partition coefficient (Wildman–Crippen LogP) is -1.33. The second-order valence-electron chi connectivity index (χ2n) is 16.3. The molecule has 2 aliphatic rings. The van der Waals surface area contributed by atoms with Crippen LogP contribution in [0.2, 0.25) is 0 Å². The van der Waals surface area contributed by atoms with E-state index in [0.29, 0.717) is 0 Å². The van der Waals surface area contributed by atoms with E-state index < -0.39 is 177 Å². The van der Waals surface area contributed by atoms with E-state index in [0.717, 1.165) is 62.3 Å². The van der Waals surface area contributed by atoms with Gasteiger partial charge in [0, 0.05) is 62.3 Å². The third-order valence-corrected chi connectivity index (χ3v) is 9.10. The van der Waals surface area contributed by atoms with Crippen LogP contribution in [0.15, 0.2) is 0 Å². The van der Waals surface area contributed by atoms with E-state index in [2.05, 4.69) is 5.32 Å². The van der Waals surface area contributed by atoms with Crippen LogP contribution in [0.3, 0.4) is 0 Å². The lowest BCUT2D eigenvalue weighted by Gasteiger charge is -2.49. The number of nitrogens with two attached hydrogens (primary N) is 2. The van der Waals surface area contributed by atoms with E-state index in [1.165, 1.54) is 20.8 Å². The number of alkyl carbamates (subject to hydrolysis) is 1. The number of ether oxygens (including phenoxy) is 14. The second kappa shape index (κ2) is 26.7. The molecule has 1 amide bonds. The Balaban J connectivity index is 2.89. The van der Waals surface area contributed by atoms with Crippen molar-refractivity contribution in [3.63, 3.8) is 0 Å². The molecule has 0 spiro atoms. The monoisotopic (exact) mass is 981 g/mol. The first-order chi connectivity index (χ1) is 31.5. The Morgan fingerprint density at radius 2 is 0.941 bits per heavy atom. The van der Waals surface area contributed by atoms with E-state index in [1.54, 1.807) is 0 Å². The number of carbonyl (C=O) groups excluding carboxylic acids is 10. The first-order valence-corrected chi connectivity index (χ1v) is 21.0. The molecule has 0 radical (unpaired) electrons. The van der Waals surface area contributed by atoms with Crippen LogP contribution in [0.25, 0.3) is 0 Å². The first-order valence-electron chi connectivity index (χ1n) is 21.0. The highest BCUT2D eigenvalue weighted by molar-refractivity contribution is 5.71. The lowest BCUT2D eigenvalue weighted by molar-refractivity contribution is -0.340. The topological polar surface area (TPSA) is 364 Å². The van der Waals surface area contributed by atoms with Crippen molar-refractivity contribution in [3.05, 3.63) is 0 Å². The van der Waals surface area contributed by atoms with Crippen molar-refractivity contribution in [2.45, 2.75) is 174 Å². The summed E-state index contributed by atoms with van der Waals surface area (Å²) in [5, 5.41) is 2.44. The van der Waals surface area contributed by atoms with Gasteiger partial charge in [0.25, 0.3) is 0 Å². The van der Waals surface area contributed by atoms with Crippen molar-refractivity contribution in [1.29, 1.82) is 0 Å². The van der Waals surface area contributed by atoms with Gasteiger partial charge in [-0.05, 0) is 20.8 Å². The minimum atomic E-state index is -1.95. The van der Waals surface area contributed by atoms with Crippen molar-refractivity contribution < 1.29 is 114 Å². The Morgan fingerprint density at radius 3 is 1.40 bits per heavy atom. The summed E-state index contributed by atoms with van der Waals surface area (Å²) < 4.78 is 78.9. The fourth-order valence-corrected chi connectivity index (χ4v) is 6.69. The van der Waals surface area contributed by atoms with Gasteiger partial charge in [-0.2, -0.15) is 0 Å². The Morgan fingerprint density at radius 1 is 0.515 bits per heavy atom. The van der Waals surface area contributed by atoms with Gasteiger partial charge in [0.15, 0.2) is 43.1 Å². The Kier molecular flexibility index (Phi) is 22.9. The molecule has 27 heteroatoms. The Hall–Kier alpha value is -5.74. The lowest BCUT2D eigenvalue weighted by atomic mass is 9.94. The summed E-state index contributed by atoms with van der Waals surface area (Å²) in [5.74, 6) is -8.16. The normalized spacial score (nSPS) is 26.4. The highest BCUT2D eigenvalue weighted by Gasteiger charge is 2.56. The molecular weight excluding hydrogens is 918 g/mol. The molecule has 5 N–H and O–H groups in total. The van der Waals surface area contributed by atoms with E-state index in [-0.39, 0.29) is 0 Å². The van der Waals surface area contributed by atoms with Gasteiger partial charge in [-0.3, -0.25) is 43.2 Å². The quantitative estimate of drug-likeness (QED) is 0.0885. The second-order valence-corrected chi connectivity index (χ2v) is 16.3. The van der Waals surface area contributed by atoms with Crippen LogP contribution < -0.4 is 16.8 Å². The number of esters is 9. The maximum Gasteiger partial charge on any atom is 0.408 e. The van der Waals surface area contributed by atoms with Crippen LogP contribution in [-0.4, -0.2) is 177 Å². The van der Waals surface area contributed by atoms with Crippen LogP contribution in [0.1, 0.15) is 83.1 Å². The van der Waals surface area contributed by atoms with Crippen LogP contribution in [-0.2, 0) is 109 Å². The summed E-state index contributed by atoms with van der Waals surface area (Å²) in [6, 6.07) is -4.90. The lowest BCUT2D eigenvalue weighted by Crippen LogP contribution is -2.70. The van der Waals surface area contributed by atoms with Crippen LogP contribution in [0, 0.1) is 0 Å². The zero-order valence-corrected chi connectivity index (χ0v) is 39.9. The van der Waals surface area contributed by atoms with Crippen LogP contribution in [0.4, 0.5) is 4.79 Å². The summed E-state index contributed by atoms with van der Waals surface area (Å²) in [7, 11) is 0. The predicted molar refractivity (Wildman–Crippen MR) is 220 cm³/mol. The molecule has 2 fully saturated rings. The minimum Gasteiger partial charge on any atom is -0.464 e. The van der Waals surface area contributed by atoms with Gasteiger partial charge in [0.05, 0.1) is 12.1 Å². The first kappa shape index (κ1) is 58.4. The number of carbonyl (C=O) groups is 10. The molecule has 27 nitrogen and oxygen atoms in total. The van der Waals surface area contributed by atoms with Crippen LogP contribution in [0.5, 0.6) is 0 Å². The van der Waals surface area contributed by atoms with Crippen molar-refractivity contribution in [2.24, 2.45) is 11.5 Å². The van der Waals surface area contributed by atoms with Gasteiger partial charge < -0.3 is 83.1 Å². The fraction of sp³-hybridized carbons (Fsp3) is 0.756. The zero-order chi connectivity index (χ0) is 51.8. The molecule has 6 unspecified atom stereocenters. The standard InChI is InChI=1S/C41H63N3O24/c1-17(45)55-13-26(44-40(54)68-41(10,11)12)32(60-22(6)50)33(27(59-21(5)49)14-56-18(2)46)66-38-31(43)37(63-25(9)53)35(29(65-38)16-58-20(4)48)67-39-30(42)36(62-24(8)52)34(61-23(7)51)28(64-39)15-57-19(3)47/h26-39H,13-16,42-43H2,1-12H3,(H,44,54)/t26?,27?,28?,29?,30?,31?,32-,33+,34+,35+,36-,37-,38+,39+/m1/s1. The summed E-state index contributed by atoms with van der Waals surface area (Å²) in [6.07, 6.45) is -19.9. The molecule has 2 aliphatic heterocycles. The average molecular weight is 982 g/mol. The fourth-order valence-electron chi connectivity index (χ4n) is 6.69. The van der Waals surface area contributed by atoms with Crippen molar-refractivity contribution >= 4 is 59.8 Å². The Labute approximate surface area is 391 Å². The Bertz CT molecular complexity index is 1810. The molecule has 0 aliphatic carbocycles. The van der Waals surface area contributed by atoms with Gasteiger partial charge in [-0.1, -0.05) is 0 Å². The molecule has 0 bridgehead atoms. The highest BCUT2D eigenvalue weighted by atomic mass is 16.8. The molecule has 386 valence electrons. The maximum absolute atomic E-state index is 13.2. The van der Waals surface area contributed by atoms with Gasteiger partial charge >= 0.3 is 59.8 Å². The summed E-state index contributed by atoms with van der Waals surface area (Å²) in [4.78, 5) is 125. The smallest absolute Gasteiger partial charge is 0.408 e. The number of rotatable bonds is 21. The third kappa shape index (κ3) is 19.8. The molecule has 2 heterocycles. The molecule has 0 aromatic carbocycles. The number of hydrogen-bond acceptors (Lipinski definition) is 26. The third-order valence-electron chi connectivity index (χ3n) is 9.10. The zero-order valence-electron chi connectivity index (χ0n) is 39.9. The van der Waals surface area contributed by atoms with Crippen molar-refractivity contribution in [2.75, 3.05) is 26.4 Å². The van der Waals surface area contributed by atoms with Crippen molar-refractivity contribution in [3.8, 4) is 0 Å². The largest absolute Gasteiger partial charge is 0.464 e. The summed E-state index contributed by atoms with van der Waals surface area (Å²) in [5.41, 5.74) is 12.2. The van der Waals surface area contributed by atoms with E-state index in [9.17, 15) is 47.9 Å². The number of nitrogens with one attached hydrogen (secondary N) is 1.